The summed E-state index contributed by atoms with van der Waals surface area (Å²) in [5.41, 5.74) is 0.962. The average Bonchev–Trinajstić information content (AvgIpc) is 2.63. The molecule has 7 heteroatoms. The molecule has 6 nitrogen and oxygen atoms in total. The van der Waals surface area contributed by atoms with Gasteiger partial charge < -0.3 is 4.74 Å². The third-order valence-electron chi connectivity index (χ3n) is 4.11. The number of hydrogen-bond acceptors (Lipinski definition) is 5. The van der Waals surface area contributed by atoms with E-state index < -0.39 is 11.9 Å². The molecule has 0 aliphatic carbocycles. The van der Waals surface area contributed by atoms with Crippen molar-refractivity contribution in [3.8, 4) is 0 Å². The Morgan fingerprint density at radius 3 is 2.54 bits per heavy atom. The lowest BCUT2D eigenvalue weighted by atomic mass is 9.88. The molecule has 3 rings (SSSR count). The molecule has 0 aliphatic heterocycles. The number of nitrogens with zero attached hydrogens (tertiary/aromatic N) is 3. The number of halogens is 1. The highest BCUT2D eigenvalue weighted by Crippen LogP contribution is 2.27. The molecule has 0 spiro atoms. The fraction of sp³-hybridized carbons (Fsp3) is 0.263. The lowest BCUT2D eigenvalue weighted by molar-refractivity contribution is -0.151. The van der Waals surface area contributed by atoms with Crippen LogP contribution in [0.25, 0.3) is 10.9 Å². The first-order valence-electron chi connectivity index (χ1n) is 8.22. The quantitative estimate of drug-likeness (QED) is 0.643. The van der Waals surface area contributed by atoms with Crippen molar-refractivity contribution in [2.24, 2.45) is 5.92 Å². The van der Waals surface area contributed by atoms with Crippen molar-refractivity contribution in [2.45, 2.75) is 26.5 Å². The SMILES string of the molecule is CC(C)[C@@H](C(=O)OCn1nnc2ccccc2c1=O)c1ccc(Cl)cc1. The van der Waals surface area contributed by atoms with Gasteiger partial charge in [-0.05, 0) is 35.7 Å². The van der Waals surface area contributed by atoms with Gasteiger partial charge in [-0.3, -0.25) is 9.59 Å². The van der Waals surface area contributed by atoms with E-state index >= 15 is 0 Å². The minimum atomic E-state index is -0.462. The third kappa shape index (κ3) is 3.75. The fourth-order valence-corrected chi connectivity index (χ4v) is 2.91. The highest BCUT2D eigenvalue weighted by Gasteiger charge is 2.26. The van der Waals surface area contributed by atoms with Crippen LogP contribution < -0.4 is 5.56 Å². The number of esters is 1. The van der Waals surface area contributed by atoms with Gasteiger partial charge in [0.25, 0.3) is 5.56 Å². The zero-order valence-corrected chi connectivity index (χ0v) is 15.2. The molecule has 0 bridgehead atoms. The maximum absolute atomic E-state index is 12.6. The maximum atomic E-state index is 12.6. The summed E-state index contributed by atoms with van der Waals surface area (Å²) >= 11 is 5.91. The molecule has 0 aliphatic rings. The van der Waals surface area contributed by atoms with Crippen LogP contribution in [0.4, 0.5) is 0 Å². The molecule has 0 fully saturated rings. The number of hydrogen-bond donors (Lipinski definition) is 0. The zero-order chi connectivity index (χ0) is 18.7. The fourth-order valence-electron chi connectivity index (χ4n) is 2.79. The smallest absolute Gasteiger partial charge is 0.315 e. The van der Waals surface area contributed by atoms with Crippen LogP contribution in [0.1, 0.15) is 25.3 Å². The van der Waals surface area contributed by atoms with Crippen molar-refractivity contribution in [3.63, 3.8) is 0 Å². The summed E-state index contributed by atoms with van der Waals surface area (Å²) in [6, 6.07) is 14.0. The predicted molar refractivity (Wildman–Crippen MR) is 98.9 cm³/mol. The van der Waals surface area contributed by atoms with E-state index in [2.05, 4.69) is 10.3 Å². The van der Waals surface area contributed by atoms with E-state index in [4.69, 9.17) is 16.3 Å². The van der Waals surface area contributed by atoms with Crippen molar-refractivity contribution < 1.29 is 9.53 Å². The maximum Gasteiger partial charge on any atom is 0.315 e. The molecule has 2 aromatic carbocycles. The Bertz CT molecular complexity index is 983. The topological polar surface area (TPSA) is 74.1 Å². The van der Waals surface area contributed by atoms with Crippen LogP contribution in [0.3, 0.4) is 0 Å². The zero-order valence-electron chi connectivity index (χ0n) is 14.4. The molecule has 1 atom stereocenters. The lowest BCUT2D eigenvalue weighted by Gasteiger charge is -2.20. The van der Waals surface area contributed by atoms with E-state index in [1.165, 1.54) is 0 Å². The second kappa shape index (κ2) is 7.66. The Morgan fingerprint density at radius 1 is 1.15 bits per heavy atom. The van der Waals surface area contributed by atoms with Gasteiger partial charge in [0.15, 0.2) is 6.73 Å². The Kier molecular flexibility index (Phi) is 5.32. The summed E-state index contributed by atoms with van der Waals surface area (Å²) in [7, 11) is 0. The number of benzene rings is 2. The van der Waals surface area contributed by atoms with E-state index in [0.717, 1.165) is 10.2 Å². The Balaban J connectivity index is 1.79. The summed E-state index contributed by atoms with van der Waals surface area (Å²) in [5.74, 6) is -0.872. The molecule has 1 heterocycles. The van der Waals surface area contributed by atoms with Crippen LogP contribution in [0, 0.1) is 5.92 Å². The number of fused-ring (bicyclic) bond motifs is 1. The van der Waals surface area contributed by atoms with Crippen molar-refractivity contribution in [1.29, 1.82) is 0 Å². The molecule has 0 saturated heterocycles. The highest BCUT2D eigenvalue weighted by atomic mass is 35.5. The van der Waals surface area contributed by atoms with Gasteiger partial charge >= 0.3 is 5.97 Å². The summed E-state index contributed by atoms with van der Waals surface area (Å²) in [6.45, 7) is 3.58. The van der Waals surface area contributed by atoms with Crippen molar-refractivity contribution >= 4 is 28.5 Å². The Labute approximate surface area is 155 Å². The molecule has 0 N–H and O–H groups in total. The van der Waals surface area contributed by atoms with Crippen LogP contribution >= 0.6 is 11.6 Å². The molecule has 0 saturated carbocycles. The predicted octanol–water partition coefficient (Wildman–Crippen LogP) is 3.39. The van der Waals surface area contributed by atoms with Gasteiger partial charge in [-0.25, -0.2) is 0 Å². The van der Waals surface area contributed by atoms with Crippen molar-refractivity contribution in [3.05, 3.63) is 69.5 Å². The molecule has 134 valence electrons. The molecule has 26 heavy (non-hydrogen) atoms. The number of carbonyl (C=O) groups is 1. The minimum Gasteiger partial charge on any atom is -0.442 e. The molecule has 3 aromatic rings. The highest BCUT2D eigenvalue weighted by molar-refractivity contribution is 6.30. The summed E-state index contributed by atoms with van der Waals surface area (Å²) in [5, 5.41) is 8.83. The Morgan fingerprint density at radius 2 is 1.85 bits per heavy atom. The van der Waals surface area contributed by atoms with E-state index in [1.54, 1.807) is 48.5 Å². The average molecular weight is 372 g/mol. The summed E-state index contributed by atoms with van der Waals surface area (Å²) in [6.07, 6.45) is 0. The monoisotopic (exact) mass is 371 g/mol. The summed E-state index contributed by atoms with van der Waals surface area (Å²) in [4.78, 5) is 25.0. The first kappa shape index (κ1) is 18.1. The van der Waals surface area contributed by atoms with Crippen molar-refractivity contribution in [2.75, 3.05) is 0 Å². The second-order valence-corrected chi connectivity index (χ2v) is 6.71. The van der Waals surface area contributed by atoms with Crippen LogP contribution in [0.15, 0.2) is 53.3 Å². The number of ether oxygens (including phenoxy) is 1. The lowest BCUT2D eigenvalue weighted by Crippen LogP contribution is -2.29. The minimum absolute atomic E-state index is 0.0167. The first-order chi connectivity index (χ1) is 12.5. The van der Waals surface area contributed by atoms with Crippen LogP contribution in [-0.2, 0) is 16.3 Å². The Hall–Kier alpha value is -2.73. The van der Waals surface area contributed by atoms with Crippen LogP contribution in [0.5, 0.6) is 0 Å². The van der Waals surface area contributed by atoms with E-state index in [-0.39, 0.29) is 18.2 Å². The van der Waals surface area contributed by atoms with Gasteiger partial charge in [-0.1, -0.05) is 54.9 Å². The normalized spacial score (nSPS) is 12.3. The number of rotatable bonds is 5. The number of aromatic nitrogens is 3. The standard InChI is InChI=1S/C19H18ClN3O3/c1-12(2)17(13-7-9-14(20)10-8-13)19(25)26-11-23-18(24)15-5-3-4-6-16(15)21-22-23/h3-10,12,17H,11H2,1-2H3/t17-/m1/s1. The van der Waals surface area contributed by atoms with E-state index in [1.807, 2.05) is 13.8 Å². The molecule has 1 aromatic heterocycles. The molecular weight excluding hydrogens is 354 g/mol. The van der Waals surface area contributed by atoms with E-state index in [9.17, 15) is 9.59 Å². The van der Waals surface area contributed by atoms with Crippen molar-refractivity contribution in [1.82, 2.24) is 15.0 Å². The van der Waals surface area contributed by atoms with Gasteiger partial charge in [0.1, 0.15) is 5.52 Å². The van der Waals surface area contributed by atoms with Gasteiger partial charge in [0.05, 0.1) is 11.3 Å². The molecular formula is C19H18ClN3O3. The second-order valence-electron chi connectivity index (χ2n) is 6.28. The first-order valence-corrected chi connectivity index (χ1v) is 8.60. The van der Waals surface area contributed by atoms with Gasteiger partial charge in [-0.2, -0.15) is 4.68 Å². The van der Waals surface area contributed by atoms with Crippen LogP contribution in [0.2, 0.25) is 5.02 Å². The van der Waals surface area contributed by atoms with Crippen LogP contribution in [-0.4, -0.2) is 21.0 Å². The largest absolute Gasteiger partial charge is 0.442 e. The summed E-state index contributed by atoms with van der Waals surface area (Å²) < 4.78 is 6.40. The number of carbonyl (C=O) groups excluding carboxylic acids is 1. The molecule has 0 amide bonds. The molecule has 0 unspecified atom stereocenters. The van der Waals surface area contributed by atoms with E-state index in [0.29, 0.717) is 15.9 Å². The van der Waals surface area contributed by atoms with Gasteiger partial charge in [0, 0.05) is 5.02 Å². The molecule has 0 radical (unpaired) electrons. The van der Waals surface area contributed by atoms with Gasteiger partial charge in [-0.15, -0.1) is 5.10 Å². The van der Waals surface area contributed by atoms with Gasteiger partial charge in [0.2, 0.25) is 0 Å². The third-order valence-corrected chi connectivity index (χ3v) is 4.36.